The molecule has 1 atom stereocenters. The van der Waals surface area contributed by atoms with Crippen molar-refractivity contribution in [3.05, 3.63) is 0 Å². The van der Waals surface area contributed by atoms with Gasteiger partial charge >= 0.3 is 5.97 Å². The highest BCUT2D eigenvalue weighted by molar-refractivity contribution is 7.89. The number of carbonyl (C=O) groups is 1. The Kier molecular flexibility index (Phi) is 5.64. The fraction of sp³-hybridized carbons (Fsp3) is 0.889. The van der Waals surface area contributed by atoms with Crippen LogP contribution in [0.25, 0.3) is 0 Å². The molecule has 0 aromatic heterocycles. The number of ether oxygens (including phenoxy) is 1. The van der Waals surface area contributed by atoms with Gasteiger partial charge in [-0.3, -0.25) is 4.79 Å². The van der Waals surface area contributed by atoms with Crippen molar-refractivity contribution in [2.24, 2.45) is 0 Å². The van der Waals surface area contributed by atoms with Gasteiger partial charge in [-0.15, -0.1) is 0 Å². The first kappa shape index (κ1) is 15.6. The molecule has 0 saturated carbocycles. The zero-order chi connectivity index (χ0) is 13.0. The largest absolute Gasteiger partial charge is 0.468 e. The van der Waals surface area contributed by atoms with Crippen LogP contribution in [0.1, 0.15) is 6.92 Å². The molecule has 0 amide bonds. The number of methoxy groups -OCH3 is 1. The van der Waals surface area contributed by atoms with Crippen LogP contribution in [0.3, 0.4) is 0 Å². The van der Waals surface area contributed by atoms with E-state index in [1.54, 1.807) is 0 Å². The summed E-state index contributed by atoms with van der Waals surface area (Å²) in [7, 11) is -3.54. The van der Waals surface area contributed by atoms with Crippen LogP contribution in [0.15, 0.2) is 0 Å². The molecule has 0 aromatic rings. The van der Waals surface area contributed by atoms with E-state index in [1.165, 1.54) is 14.0 Å². The van der Waals surface area contributed by atoms with Gasteiger partial charge in [0.15, 0.2) is 0 Å². The molecule has 0 aliphatic rings. The summed E-state index contributed by atoms with van der Waals surface area (Å²) in [5, 5.41) is 0. The van der Waals surface area contributed by atoms with Crippen molar-refractivity contribution in [1.82, 2.24) is 4.72 Å². The van der Waals surface area contributed by atoms with Crippen LogP contribution < -0.4 is 4.72 Å². The molecule has 0 saturated heterocycles. The maximum absolute atomic E-state index is 11.6. The summed E-state index contributed by atoms with van der Waals surface area (Å²) in [5.41, 5.74) is 0. The molecule has 0 rings (SSSR count). The molecule has 0 heterocycles. The van der Waals surface area contributed by atoms with E-state index in [0.717, 1.165) is 0 Å². The average molecular weight is 267 g/mol. The van der Waals surface area contributed by atoms with Crippen LogP contribution in [-0.2, 0) is 19.6 Å². The second-order valence-corrected chi connectivity index (χ2v) is 12.5. The van der Waals surface area contributed by atoms with Crippen molar-refractivity contribution in [2.45, 2.75) is 38.7 Å². The summed E-state index contributed by atoms with van der Waals surface area (Å²) in [6.45, 7) is 7.78. The summed E-state index contributed by atoms with van der Waals surface area (Å²) in [6.07, 6.45) is 0. The minimum atomic E-state index is -3.39. The van der Waals surface area contributed by atoms with Crippen molar-refractivity contribution in [2.75, 3.05) is 12.9 Å². The molecule has 0 aliphatic heterocycles. The van der Waals surface area contributed by atoms with Gasteiger partial charge in [-0.05, 0) is 13.0 Å². The topological polar surface area (TPSA) is 72.5 Å². The van der Waals surface area contributed by atoms with Gasteiger partial charge in [0.05, 0.1) is 12.9 Å². The standard InChI is InChI=1S/C9H21NO4SSi/c1-8(9(11)14-2)10-15(12,13)6-7-16(3,4)5/h8,10H,6-7H2,1-5H3/t8-/m1/s1. The van der Waals surface area contributed by atoms with Crippen molar-refractivity contribution in [3.8, 4) is 0 Å². The Balaban J connectivity index is 4.31. The van der Waals surface area contributed by atoms with Crippen molar-refractivity contribution < 1.29 is 17.9 Å². The monoisotopic (exact) mass is 267 g/mol. The van der Waals surface area contributed by atoms with E-state index < -0.39 is 30.1 Å². The lowest BCUT2D eigenvalue weighted by Crippen LogP contribution is -2.41. The van der Waals surface area contributed by atoms with Crippen molar-refractivity contribution in [3.63, 3.8) is 0 Å². The second kappa shape index (κ2) is 5.79. The van der Waals surface area contributed by atoms with Crippen LogP contribution >= 0.6 is 0 Å². The first-order chi connectivity index (χ1) is 7.07. The van der Waals surface area contributed by atoms with Gasteiger partial charge in [-0.1, -0.05) is 19.6 Å². The molecule has 0 aliphatic carbocycles. The van der Waals surface area contributed by atoms with E-state index >= 15 is 0 Å². The van der Waals surface area contributed by atoms with E-state index in [0.29, 0.717) is 6.04 Å². The third kappa shape index (κ3) is 6.97. The van der Waals surface area contributed by atoms with Gasteiger partial charge in [0.1, 0.15) is 6.04 Å². The molecule has 5 nitrogen and oxygen atoms in total. The molecular weight excluding hydrogens is 246 g/mol. The van der Waals surface area contributed by atoms with Crippen LogP contribution in [0.5, 0.6) is 0 Å². The molecule has 96 valence electrons. The number of nitrogens with one attached hydrogen (secondary N) is 1. The van der Waals surface area contributed by atoms with Gasteiger partial charge in [0.25, 0.3) is 0 Å². The van der Waals surface area contributed by atoms with E-state index in [2.05, 4.69) is 29.1 Å². The molecule has 0 spiro atoms. The lowest BCUT2D eigenvalue weighted by molar-refractivity contribution is -0.142. The molecule has 0 fully saturated rings. The number of rotatable bonds is 6. The number of sulfonamides is 1. The molecule has 0 unspecified atom stereocenters. The Morgan fingerprint density at radius 1 is 1.38 bits per heavy atom. The van der Waals surface area contributed by atoms with Gasteiger partial charge in [0.2, 0.25) is 10.0 Å². The third-order valence-electron chi connectivity index (χ3n) is 2.03. The number of carbonyl (C=O) groups excluding carboxylic acids is 1. The fourth-order valence-corrected chi connectivity index (χ4v) is 5.27. The highest BCUT2D eigenvalue weighted by Crippen LogP contribution is 2.09. The Morgan fingerprint density at radius 3 is 2.25 bits per heavy atom. The van der Waals surface area contributed by atoms with E-state index in [1.807, 2.05) is 0 Å². The fourth-order valence-electron chi connectivity index (χ4n) is 0.994. The van der Waals surface area contributed by atoms with Crippen LogP contribution in [0, 0.1) is 0 Å². The predicted molar refractivity (Wildman–Crippen MR) is 66.6 cm³/mol. The number of hydrogen-bond donors (Lipinski definition) is 1. The maximum Gasteiger partial charge on any atom is 0.323 e. The first-order valence-corrected chi connectivity index (χ1v) is 10.5. The van der Waals surface area contributed by atoms with E-state index in [4.69, 9.17) is 0 Å². The summed E-state index contributed by atoms with van der Waals surface area (Å²) >= 11 is 0. The normalized spacial score (nSPS) is 14.6. The lowest BCUT2D eigenvalue weighted by Gasteiger charge is -2.17. The summed E-state index contributed by atoms with van der Waals surface area (Å²) < 4.78 is 30.0. The zero-order valence-corrected chi connectivity index (χ0v) is 12.3. The number of hydrogen-bond acceptors (Lipinski definition) is 4. The lowest BCUT2D eigenvalue weighted by atomic mass is 10.4. The van der Waals surface area contributed by atoms with E-state index in [-0.39, 0.29) is 5.75 Å². The van der Waals surface area contributed by atoms with Crippen molar-refractivity contribution >= 4 is 24.1 Å². The minimum absolute atomic E-state index is 0.0735. The average Bonchev–Trinajstić information content (AvgIpc) is 2.12. The first-order valence-electron chi connectivity index (χ1n) is 5.15. The molecule has 0 aromatic carbocycles. The predicted octanol–water partition coefficient (Wildman–Crippen LogP) is 0.805. The van der Waals surface area contributed by atoms with Gasteiger partial charge in [0, 0.05) is 8.07 Å². The maximum atomic E-state index is 11.6. The zero-order valence-electron chi connectivity index (χ0n) is 10.5. The van der Waals surface area contributed by atoms with Gasteiger partial charge in [-0.25, -0.2) is 13.1 Å². The Bertz CT molecular complexity index is 334. The van der Waals surface area contributed by atoms with Crippen LogP contribution in [0.2, 0.25) is 25.7 Å². The molecule has 0 radical (unpaired) electrons. The van der Waals surface area contributed by atoms with E-state index in [9.17, 15) is 13.2 Å². The second-order valence-electron chi connectivity index (χ2n) is 4.99. The Hall–Kier alpha value is -0.403. The molecule has 7 heteroatoms. The van der Waals surface area contributed by atoms with Crippen LogP contribution in [-0.4, -0.2) is 41.4 Å². The molecule has 0 bridgehead atoms. The summed E-state index contributed by atoms with van der Waals surface area (Å²) in [4.78, 5) is 11.1. The molecule has 16 heavy (non-hydrogen) atoms. The quantitative estimate of drug-likeness (QED) is 0.571. The Morgan fingerprint density at radius 2 is 1.88 bits per heavy atom. The summed E-state index contributed by atoms with van der Waals surface area (Å²) in [5.74, 6) is -0.499. The SMILES string of the molecule is COC(=O)[C@@H](C)NS(=O)(=O)CC[Si](C)(C)C. The highest BCUT2D eigenvalue weighted by Gasteiger charge is 2.23. The van der Waals surface area contributed by atoms with Gasteiger partial charge in [-0.2, -0.15) is 0 Å². The van der Waals surface area contributed by atoms with Crippen molar-refractivity contribution in [1.29, 1.82) is 0 Å². The smallest absolute Gasteiger partial charge is 0.323 e. The third-order valence-corrected chi connectivity index (χ3v) is 5.60. The van der Waals surface area contributed by atoms with Gasteiger partial charge < -0.3 is 4.74 Å². The minimum Gasteiger partial charge on any atom is -0.468 e. The Labute approximate surface area is 98.6 Å². The molecular formula is C9H21NO4SSi. The van der Waals surface area contributed by atoms with Crippen LogP contribution in [0.4, 0.5) is 0 Å². The highest BCUT2D eigenvalue weighted by atomic mass is 32.2. The molecule has 1 N–H and O–H groups in total. The number of esters is 1. The summed E-state index contributed by atoms with van der Waals surface area (Å²) in [6, 6.07) is -0.146.